The van der Waals surface area contributed by atoms with Crippen LogP contribution in [0.25, 0.3) is 0 Å². The van der Waals surface area contributed by atoms with Crippen LogP contribution in [-0.2, 0) is 9.59 Å². The zero-order chi connectivity index (χ0) is 17.4. The van der Waals surface area contributed by atoms with Crippen molar-refractivity contribution in [2.45, 2.75) is 39.7 Å². The normalized spacial score (nSPS) is 20.4. The molecule has 4 amide bonds. The number of anilines is 1. The predicted molar refractivity (Wildman–Crippen MR) is 86.1 cm³/mol. The Morgan fingerprint density at radius 3 is 2.61 bits per heavy atom. The van der Waals surface area contributed by atoms with Gasteiger partial charge in [-0.05, 0) is 32.8 Å². The second kappa shape index (κ2) is 6.01. The van der Waals surface area contributed by atoms with Gasteiger partial charge in [0.2, 0.25) is 5.91 Å². The zero-order valence-corrected chi connectivity index (χ0v) is 14.3. The molecular formula is C15H18N4O3S. The lowest BCUT2D eigenvalue weighted by Gasteiger charge is -2.19. The Morgan fingerprint density at radius 1 is 1.43 bits per heavy atom. The summed E-state index contributed by atoms with van der Waals surface area (Å²) < 4.78 is 0. The average molecular weight is 334 g/mol. The summed E-state index contributed by atoms with van der Waals surface area (Å²) in [5.74, 6) is -0.925. The van der Waals surface area contributed by atoms with Gasteiger partial charge in [0.15, 0.2) is 0 Å². The van der Waals surface area contributed by atoms with Crippen molar-refractivity contribution in [2.24, 2.45) is 0 Å². The summed E-state index contributed by atoms with van der Waals surface area (Å²) in [6.07, 6.45) is 0.442. The van der Waals surface area contributed by atoms with E-state index in [2.05, 4.69) is 16.7 Å². The number of hydrogen-bond acceptors (Lipinski definition) is 5. The van der Waals surface area contributed by atoms with E-state index >= 15 is 0 Å². The Kier molecular flexibility index (Phi) is 4.43. The van der Waals surface area contributed by atoms with Gasteiger partial charge in [-0.15, -0.1) is 11.3 Å². The van der Waals surface area contributed by atoms with E-state index in [9.17, 15) is 19.6 Å². The van der Waals surface area contributed by atoms with Crippen LogP contribution in [0.15, 0.2) is 0 Å². The van der Waals surface area contributed by atoms with Gasteiger partial charge in [0, 0.05) is 4.88 Å². The summed E-state index contributed by atoms with van der Waals surface area (Å²) in [6.45, 7) is 6.72. The van der Waals surface area contributed by atoms with Crippen molar-refractivity contribution >= 4 is 34.2 Å². The van der Waals surface area contributed by atoms with E-state index in [1.54, 1.807) is 13.8 Å². The SMILES string of the molecule is CC[C@]1(C)NC(=O)N(CC(=O)Nc2sc(C)c(C)c2C#N)C1=O. The summed E-state index contributed by atoms with van der Waals surface area (Å²) in [7, 11) is 0. The number of carbonyl (C=O) groups excluding carboxylic acids is 3. The molecule has 1 aromatic rings. The number of amides is 4. The maximum atomic E-state index is 12.3. The number of nitrogens with zero attached hydrogens (tertiary/aromatic N) is 2. The van der Waals surface area contributed by atoms with Crippen LogP contribution in [0.1, 0.15) is 36.3 Å². The Morgan fingerprint density at radius 2 is 2.09 bits per heavy atom. The predicted octanol–water partition coefficient (Wildman–Crippen LogP) is 1.90. The molecule has 1 saturated heterocycles. The highest BCUT2D eigenvalue weighted by Gasteiger charge is 2.47. The number of hydrogen-bond donors (Lipinski definition) is 2. The molecule has 7 nitrogen and oxygen atoms in total. The van der Waals surface area contributed by atoms with Gasteiger partial charge in [-0.25, -0.2) is 4.79 Å². The maximum absolute atomic E-state index is 12.3. The molecule has 1 fully saturated rings. The Balaban J connectivity index is 2.12. The van der Waals surface area contributed by atoms with Gasteiger partial charge in [-0.2, -0.15) is 5.26 Å². The molecule has 0 bridgehead atoms. The summed E-state index contributed by atoms with van der Waals surface area (Å²) in [5, 5.41) is 14.8. The highest BCUT2D eigenvalue weighted by atomic mass is 32.1. The minimum atomic E-state index is -0.967. The van der Waals surface area contributed by atoms with E-state index in [4.69, 9.17) is 0 Å². The second-order valence-corrected chi connectivity index (χ2v) is 6.88. The number of rotatable bonds is 4. The van der Waals surface area contributed by atoms with Gasteiger partial charge in [-0.3, -0.25) is 14.5 Å². The largest absolute Gasteiger partial charge is 0.325 e. The quantitative estimate of drug-likeness (QED) is 0.821. The van der Waals surface area contributed by atoms with Crippen LogP contribution in [0, 0.1) is 25.2 Å². The molecule has 122 valence electrons. The minimum absolute atomic E-state index is 0.374. The van der Waals surface area contributed by atoms with Gasteiger partial charge in [0.25, 0.3) is 5.91 Å². The fourth-order valence-electron chi connectivity index (χ4n) is 2.29. The fourth-order valence-corrected chi connectivity index (χ4v) is 3.32. The molecule has 2 rings (SSSR count). The molecule has 0 aliphatic carbocycles. The number of aryl methyl sites for hydroxylation is 1. The highest BCUT2D eigenvalue weighted by molar-refractivity contribution is 7.16. The van der Waals surface area contributed by atoms with Gasteiger partial charge in [0.05, 0.1) is 5.56 Å². The molecule has 8 heteroatoms. The van der Waals surface area contributed by atoms with E-state index in [-0.39, 0.29) is 6.54 Å². The van der Waals surface area contributed by atoms with Gasteiger partial charge < -0.3 is 10.6 Å². The molecule has 1 aliphatic rings. The lowest BCUT2D eigenvalue weighted by Crippen LogP contribution is -2.44. The van der Waals surface area contributed by atoms with Crippen LogP contribution in [-0.4, -0.2) is 34.8 Å². The summed E-state index contributed by atoms with van der Waals surface area (Å²) in [5.41, 5.74) is 0.267. The number of thiophene rings is 1. The van der Waals surface area contributed by atoms with Crippen molar-refractivity contribution in [1.29, 1.82) is 5.26 Å². The number of nitrogens with one attached hydrogen (secondary N) is 2. The molecular weight excluding hydrogens is 316 g/mol. The van der Waals surface area contributed by atoms with Crippen LogP contribution < -0.4 is 10.6 Å². The first-order valence-electron chi connectivity index (χ1n) is 7.17. The van der Waals surface area contributed by atoms with E-state index in [1.165, 1.54) is 11.3 Å². The lowest BCUT2D eigenvalue weighted by atomic mass is 9.99. The smallest absolute Gasteiger partial charge is 0.323 e. The van der Waals surface area contributed by atoms with Crippen LogP contribution >= 0.6 is 11.3 Å². The van der Waals surface area contributed by atoms with Gasteiger partial charge in [-0.1, -0.05) is 6.92 Å². The summed E-state index contributed by atoms with van der Waals surface area (Å²) in [6, 6.07) is 1.48. The molecule has 0 aromatic carbocycles. The van der Waals surface area contributed by atoms with Gasteiger partial charge in [0.1, 0.15) is 23.2 Å². The first-order valence-corrected chi connectivity index (χ1v) is 7.99. The van der Waals surface area contributed by atoms with Crippen LogP contribution in [0.2, 0.25) is 0 Å². The number of nitriles is 1. The molecule has 0 radical (unpaired) electrons. The van der Waals surface area contributed by atoms with Crippen molar-refractivity contribution in [3.8, 4) is 6.07 Å². The van der Waals surface area contributed by atoms with Crippen molar-refractivity contribution in [3.05, 3.63) is 16.0 Å². The Bertz CT molecular complexity index is 734. The number of imide groups is 1. The molecule has 0 spiro atoms. The average Bonchev–Trinajstić information content (AvgIpc) is 2.88. The van der Waals surface area contributed by atoms with Crippen LogP contribution in [0.3, 0.4) is 0 Å². The first-order chi connectivity index (χ1) is 10.7. The lowest BCUT2D eigenvalue weighted by molar-refractivity contribution is -0.133. The molecule has 2 heterocycles. The van der Waals surface area contributed by atoms with E-state index in [1.807, 2.05) is 13.8 Å². The van der Waals surface area contributed by atoms with Crippen LogP contribution in [0.4, 0.5) is 9.80 Å². The standard InChI is InChI=1S/C15H18N4O3S/c1-5-15(4)13(21)19(14(22)18-15)7-11(20)17-12-10(6-16)8(2)9(3)23-12/h5,7H2,1-4H3,(H,17,20)(H,18,22)/t15-/m0/s1. The Hall–Kier alpha value is -2.40. The van der Waals surface area contributed by atoms with Gasteiger partial charge >= 0.3 is 6.03 Å². The van der Waals surface area contributed by atoms with Crippen LogP contribution in [0.5, 0.6) is 0 Å². The van der Waals surface area contributed by atoms with Crippen molar-refractivity contribution < 1.29 is 14.4 Å². The topological polar surface area (TPSA) is 102 Å². The molecule has 1 aliphatic heterocycles. The molecule has 2 N–H and O–H groups in total. The third kappa shape index (κ3) is 2.92. The molecule has 1 aromatic heterocycles. The first kappa shape index (κ1) is 17.0. The Labute approximate surface area is 138 Å². The molecule has 23 heavy (non-hydrogen) atoms. The molecule has 1 atom stereocenters. The molecule has 0 saturated carbocycles. The minimum Gasteiger partial charge on any atom is -0.323 e. The maximum Gasteiger partial charge on any atom is 0.325 e. The van der Waals surface area contributed by atoms with E-state index in [0.29, 0.717) is 17.0 Å². The highest BCUT2D eigenvalue weighted by Crippen LogP contribution is 2.31. The van der Waals surface area contributed by atoms with Crippen molar-refractivity contribution in [1.82, 2.24) is 10.2 Å². The van der Waals surface area contributed by atoms with Crippen molar-refractivity contribution in [2.75, 3.05) is 11.9 Å². The zero-order valence-electron chi connectivity index (χ0n) is 13.4. The summed E-state index contributed by atoms with van der Waals surface area (Å²) >= 11 is 1.30. The second-order valence-electron chi connectivity index (χ2n) is 5.65. The summed E-state index contributed by atoms with van der Waals surface area (Å²) in [4.78, 5) is 38.1. The van der Waals surface area contributed by atoms with Crippen molar-refractivity contribution in [3.63, 3.8) is 0 Å². The number of urea groups is 1. The fraction of sp³-hybridized carbons (Fsp3) is 0.467. The van der Waals surface area contributed by atoms with E-state index in [0.717, 1.165) is 15.3 Å². The third-order valence-corrected chi connectivity index (χ3v) is 5.23. The third-order valence-electron chi connectivity index (χ3n) is 4.10. The monoisotopic (exact) mass is 334 g/mol. The van der Waals surface area contributed by atoms with E-state index < -0.39 is 23.4 Å². The molecule has 0 unspecified atom stereocenters. The number of carbonyl (C=O) groups is 3.